The molecular weight excluding hydrogens is 184 g/mol. The molecule has 1 aliphatic rings. The molecule has 2 heteroatoms. The summed E-state index contributed by atoms with van der Waals surface area (Å²) in [7, 11) is 2.04. The quantitative estimate of drug-likeness (QED) is 0.810. The Morgan fingerprint density at radius 2 is 2.20 bits per heavy atom. The van der Waals surface area contributed by atoms with Crippen LogP contribution in [0, 0.1) is 12.8 Å². The standard InChI is InChI=1S/C13H20N2/c1-11-5-3-4-6-13(11)15-8-7-12(10-15)9-14-2/h3-6,12,14H,7-10H2,1-2H3. The molecule has 1 aromatic rings. The monoisotopic (exact) mass is 204 g/mol. The first-order valence-corrected chi connectivity index (χ1v) is 5.76. The van der Waals surface area contributed by atoms with Crippen molar-refractivity contribution in [3.63, 3.8) is 0 Å². The average molecular weight is 204 g/mol. The zero-order chi connectivity index (χ0) is 10.7. The lowest BCUT2D eigenvalue weighted by molar-refractivity contribution is 0.549. The van der Waals surface area contributed by atoms with Crippen LogP contribution in [0.25, 0.3) is 0 Å². The van der Waals surface area contributed by atoms with Gasteiger partial charge >= 0.3 is 0 Å². The first-order chi connectivity index (χ1) is 7.31. The highest BCUT2D eigenvalue weighted by molar-refractivity contribution is 5.53. The van der Waals surface area contributed by atoms with Crippen molar-refractivity contribution in [2.45, 2.75) is 13.3 Å². The zero-order valence-corrected chi connectivity index (χ0v) is 9.66. The molecular formula is C13H20N2. The smallest absolute Gasteiger partial charge is 0.0396 e. The maximum Gasteiger partial charge on any atom is 0.0396 e. The van der Waals surface area contributed by atoms with Crippen molar-refractivity contribution in [2.75, 3.05) is 31.6 Å². The Morgan fingerprint density at radius 3 is 2.93 bits per heavy atom. The average Bonchev–Trinajstić information content (AvgIpc) is 2.68. The number of nitrogens with one attached hydrogen (secondary N) is 1. The Morgan fingerprint density at radius 1 is 1.40 bits per heavy atom. The molecule has 0 radical (unpaired) electrons. The molecule has 0 spiro atoms. The van der Waals surface area contributed by atoms with E-state index >= 15 is 0 Å². The van der Waals surface area contributed by atoms with Crippen molar-refractivity contribution in [2.24, 2.45) is 5.92 Å². The van der Waals surface area contributed by atoms with Gasteiger partial charge in [0, 0.05) is 18.8 Å². The van der Waals surface area contributed by atoms with Crippen molar-refractivity contribution in [1.82, 2.24) is 5.32 Å². The summed E-state index contributed by atoms with van der Waals surface area (Å²) < 4.78 is 0. The van der Waals surface area contributed by atoms with E-state index in [1.807, 2.05) is 7.05 Å². The van der Waals surface area contributed by atoms with Gasteiger partial charge in [-0.05, 0) is 44.5 Å². The third-order valence-corrected chi connectivity index (χ3v) is 3.23. The Kier molecular flexibility index (Phi) is 3.27. The highest BCUT2D eigenvalue weighted by atomic mass is 15.2. The van der Waals surface area contributed by atoms with Crippen LogP contribution in [0.4, 0.5) is 5.69 Å². The molecule has 0 saturated carbocycles. The number of hydrogen-bond donors (Lipinski definition) is 1. The van der Waals surface area contributed by atoms with Crippen LogP contribution in [0.2, 0.25) is 0 Å². The van der Waals surface area contributed by atoms with Crippen molar-refractivity contribution in [3.05, 3.63) is 29.8 Å². The minimum Gasteiger partial charge on any atom is -0.371 e. The van der Waals surface area contributed by atoms with Gasteiger partial charge in [0.2, 0.25) is 0 Å². The summed E-state index contributed by atoms with van der Waals surface area (Å²) in [6.07, 6.45) is 1.31. The van der Waals surface area contributed by atoms with Crippen LogP contribution in [-0.2, 0) is 0 Å². The molecule has 0 bridgehead atoms. The number of nitrogens with zero attached hydrogens (tertiary/aromatic N) is 1. The van der Waals surface area contributed by atoms with Crippen LogP contribution in [0.5, 0.6) is 0 Å². The Bertz CT molecular complexity index is 322. The lowest BCUT2D eigenvalue weighted by Crippen LogP contribution is -2.24. The summed E-state index contributed by atoms with van der Waals surface area (Å²) >= 11 is 0. The maximum absolute atomic E-state index is 3.27. The first-order valence-electron chi connectivity index (χ1n) is 5.76. The number of rotatable bonds is 3. The molecule has 1 saturated heterocycles. The van der Waals surface area contributed by atoms with Crippen LogP contribution >= 0.6 is 0 Å². The number of benzene rings is 1. The molecule has 1 fully saturated rings. The lowest BCUT2D eigenvalue weighted by atomic mass is 10.1. The van der Waals surface area contributed by atoms with E-state index < -0.39 is 0 Å². The second kappa shape index (κ2) is 4.67. The number of hydrogen-bond acceptors (Lipinski definition) is 2. The minimum absolute atomic E-state index is 0.814. The SMILES string of the molecule is CNCC1CCN(c2ccccc2C)C1. The molecule has 2 nitrogen and oxygen atoms in total. The van der Waals surface area contributed by atoms with Crippen LogP contribution in [0.15, 0.2) is 24.3 Å². The fourth-order valence-electron chi connectivity index (χ4n) is 2.42. The zero-order valence-electron chi connectivity index (χ0n) is 9.66. The van der Waals surface area contributed by atoms with Crippen molar-refractivity contribution in [3.8, 4) is 0 Å². The summed E-state index contributed by atoms with van der Waals surface area (Å²) in [4.78, 5) is 2.51. The Labute approximate surface area is 92.3 Å². The van der Waals surface area contributed by atoms with Crippen LogP contribution < -0.4 is 10.2 Å². The molecule has 1 N–H and O–H groups in total. The number of para-hydroxylation sites is 1. The molecule has 0 aromatic heterocycles. The Balaban J connectivity index is 2.04. The van der Waals surface area contributed by atoms with Gasteiger partial charge in [0.05, 0.1) is 0 Å². The largest absolute Gasteiger partial charge is 0.371 e. The molecule has 2 rings (SSSR count). The van der Waals surface area contributed by atoms with Gasteiger partial charge in [0.1, 0.15) is 0 Å². The first kappa shape index (κ1) is 10.5. The van der Waals surface area contributed by atoms with Gasteiger partial charge in [-0.2, -0.15) is 0 Å². The van der Waals surface area contributed by atoms with E-state index in [-0.39, 0.29) is 0 Å². The lowest BCUT2D eigenvalue weighted by Gasteiger charge is -2.20. The van der Waals surface area contributed by atoms with E-state index in [4.69, 9.17) is 0 Å². The summed E-state index contributed by atoms with van der Waals surface area (Å²) in [5.74, 6) is 0.814. The van der Waals surface area contributed by atoms with Crippen LogP contribution in [0.1, 0.15) is 12.0 Å². The second-order valence-corrected chi connectivity index (χ2v) is 4.44. The maximum atomic E-state index is 3.27. The molecule has 82 valence electrons. The molecule has 1 heterocycles. The van der Waals surface area contributed by atoms with E-state index in [1.165, 1.54) is 30.8 Å². The summed E-state index contributed by atoms with van der Waals surface area (Å²) in [5, 5.41) is 3.27. The molecule has 0 amide bonds. The molecule has 15 heavy (non-hydrogen) atoms. The topological polar surface area (TPSA) is 15.3 Å². The van der Waals surface area contributed by atoms with E-state index in [9.17, 15) is 0 Å². The molecule has 1 atom stereocenters. The van der Waals surface area contributed by atoms with Crippen LogP contribution in [-0.4, -0.2) is 26.7 Å². The third kappa shape index (κ3) is 2.32. The van der Waals surface area contributed by atoms with Gasteiger partial charge in [0.15, 0.2) is 0 Å². The molecule has 1 aromatic carbocycles. The normalized spacial score (nSPS) is 20.9. The van der Waals surface area contributed by atoms with Crippen molar-refractivity contribution >= 4 is 5.69 Å². The van der Waals surface area contributed by atoms with Gasteiger partial charge < -0.3 is 10.2 Å². The summed E-state index contributed by atoms with van der Waals surface area (Å²) in [5.41, 5.74) is 2.80. The third-order valence-electron chi connectivity index (χ3n) is 3.23. The predicted molar refractivity (Wildman–Crippen MR) is 65.4 cm³/mol. The van der Waals surface area contributed by atoms with Crippen molar-refractivity contribution < 1.29 is 0 Å². The van der Waals surface area contributed by atoms with Crippen LogP contribution in [0.3, 0.4) is 0 Å². The van der Waals surface area contributed by atoms with E-state index in [0.29, 0.717) is 0 Å². The highest BCUT2D eigenvalue weighted by Gasteiger charge is 2.22. The molecule has 1 unspecified atom stereocenters. The van der Waals surface area contributed by atoms with Crippen molar-refractivity contribution in [1.29, 1.82) is 0 Å². The van der Waals surface area contributed by atoms with Gasteiger partial charge in [-0.25, -0.2) is 0 Å². The number of aryl methyl sites for hydroxylation is 1. The molecule has 0 aliphatic carbocycles. The van der Waals surface area contributed by atoms with E-state index in [1.54, 1.807) is 0 Å². The predicted octanol–water partition coefficient (Wildman–Crippen LogP) is 2.04. The summed E-state index contributed by atoms with van der Waals surface area (Å²) in [6.45, 7) is 5.74. The molecule has 1 aliphatic heterocycles. The van der Waals surface area contributed by atoms with Gasteiger partial charge in [-0.3, -0.25) is 0 Å². The van der Waals surface area contributed by atoms with Gasteiger partial charge in [-0.1, -0.05) is 18.2 Å². The van der Waals surface area contributed by atoms with Gasteiger partial charge in [-0.15, -0.1) is 0 Å². The summed E-state index contributed by atoms with van der Waals surface area (Å²) in [6, 6.07) is 8.67. The second-order valence-electron chi connectivity index (χ2n) is 4.44. The fourth-order valence-corrected chi connectivity index (χ4v) is 2.42. The van der Waals surface area contributed by atoms with E-state index in [0.717, 1.165) is 12.5 Å². The minimum atomic E-state index is 0.814. The Hall–Kier alpha value is -1.02. The van der Waals surface area contributed by atoms with E-state index in [2.05, 4.69) is 41.4 Å². The van der Waals surface area contributed by atoms with Gasteiger partial charge in [0.25, 0.3) is 0 Å². The highest BCUT2D eigenvalue weighted by Crippen LogP contribution is 2.25. The number of anilines is 1. The fraction of sp³-hybridized carbons (Fsp3) is 0.538.